The minimum Gasteiger partial charge on any atom is -0.264 e. The minimum atomic E-state index is 0.631. The van der Waals surface area contributed by atoms with Crippen molar-refractivity contribution in [1.29, 1.82) is 0 Å². The van der Waals surface area contributed by atoms with E-state index < -0.39 is 0 Å². The van der Waals surface area contributed by atoms with Gasteiger partial charge in [-0.3, -0.25) is 9.97 Å². The van der Waals surface area contributed by atoms with Crippen molar-refractivity contribution in [3.8, 4) is 123 Å². The van der Waals surface area contributed by atoms with E-state index in [0.29, 0.717) is 11.6 Å². The normalized spacial score (nSPS) is 11.6. The van der Waals surface area contributed by atoms with E-state index in [9.17, 15) is 0 Å². The summed E-state index contributed by atoms with van der Waals surface area (Å²) in [7, 11) is 0. The second-order valence-electron chi connectivity index (χ2n) is 23.8. The Morgan fingerprint density at radius 1 is 0.202 bits per heavy atom. The van der Waals surface area contributed by atoms with Crippen LogP contribution >= 0.6 is 22.7 Å². The van der Waals surface area contributed by atoms with Gasteiger partial charge in [0.1, 0.15) is 0 Å². The first kappa shape index (κ1) is 54.9. The summed E-state index contributed by atoms with van der Waals surface area (Å²) < 4.78 is 5.04. The minimum absolute atomic E-state index is 0.631. The van der Waals surface area contributed by atoms with E-state index in [-0.39, 0.29) is 0 Å². The van der Waals surface area contributed by atoms with Crippen LogP contribution in [0.15, 0.2) is 316 Å². The van der Waals surface area contributed by atoms with Gasteiger partial charge < -0.3 is 0 Å². The number of benzene rings is 12. The van der Waals surface area contributed by atoms with Crippen molar-refractivity contribution < 1.29 is 0 Å². The molecule has 0 aliphatic heterocycles. The van der Waals surface area contributed by atoms with Gasteiger partial charge in [0.2, 0.25) is 0 Å². The van der Waals surface area contributed by atoms with Crippen molar-refractivity contribution in [1.82, 2.24) is 29.9 Å². The molecular weight excluding hydrogens is 1180 g/mol. The van der Waals surface area contributed by atoms with E-state index in [1.807, 2.05) is 53.4 Å². The molecule has 18 rings (SSSR count). The lowest BCUT2D eigenvalue weighted by molar-refractivity contribution is 1.18. The van der Waals surface area contributed by atoms with Gasteiger partial charge in [-0.2, -0.15) is 0 Å². The van der Waals surface area contributed by atoms with Gasteiger partial charge in [0.25, 0.3) is 0 Å². The van der Waals surface area contributed by atoms with Crippen molar-refractivity contribution in [3.63, 3.8) is 0 Å². The molecule has 18 aromatic rings. The summed E-state index contributed by atoms with van der Waals surface area (Å²) in [6.07, 6.45) is 7.45. The van der Waals surface area contributed by atoms with Gasteiger partial charge in [-0.15, -0.1) is 22.7 Å². The van der Waals surface area contributed by atoms with Crippen molar-refractivity contribution >= 4 is 84.6 Å². The summed E-state index contributed by atoms with van der Waals surface area (Å²) in [4.78, 5) is 30.8. The molecule has 438 valence electrons. The monoisotopic (exact) mass is 1230 g/mol. The average molecular weight is 1230 g/mol. The Kier molecular flexibility index (Phi) is 13.5. The van der Waals surface area contributed by atoms with Crippen LogP contribution in [0, 0.1) is 0 Å². The fourth-order valence-electron chi connectivity index (χ4n) is 13.4. The highest BCUT2D eigenvalue weighted by molar-refractivity contribution is 7.26. The first-order chi connectivity index (χ1) is 46.5. The molecule has 12 aromatic carbocycles. The van der Waals surface area contributed by atoms with Crippen LogP contribution in [0.5, 0.6) is 0 Å². The van der Waals surface area contributed by atoms with E-state index in [2.05, 4.69) is 289 Å². The number of aromatic nitrogens is 6. The Hall–Kier alpha value is -11.9. The van der Waals surface area contributed by atoms with Gasteiger partial charge in [-0.05, 0) is 145 Å². The van der Waals surface area contributed by atoms with Gasteiger partial charge in [0.15, 0.2) is 11.6 Å². The molecule has 0 aliphatic rings. The molecule has 0 aliphatic carbocycles. The number of nitrogens with zero attached hydrogens (tertiary/aromatic N) is 6. The molecule has 6 heterocycles. The van der Waals surface area contributed by atoms with Crippen LogP contribution in [0.25, 0.3) is 185 Å². The van der Waals surface area contributed by atoms with E-state index >= 15 is 0 Å². The summed E-state index contributed by atoms with van der Waals surface area (Å²) >= 11 is 3.64. The van der Waals surface area contributed by atoms with Crippen LogP contribution in [-0.2, 0) is 0 Å². The molecule has 6 nitrogen and oxygen atoms in total. The van der Waals surface area contributed by atoms with E-state index in [4.69, 9.17) is 19.9 Å². The molecule has 0 amide bonds. The molecule has 6 aromatic heterocycles. The van der Waals surface area contributed by atoms with Gasteiger partial charge in [0, 0.05) is 110 Å². The summed E-state index contributed by atoms with van der Waals surface area (Å²) in [5.41, 5.74) is 20.0. The maximum absolute atomic E-state index is 5.54. The van der Waals surface area contributed by atoms with Crippen molar-refractivity contribution in [3.05, 3.63) is 316 Å². The summed E-state index contributed by atoms with van der Waals surface area (Å²) in [6, 6.07) is 104. The maximum Gasteiger partial charge on any atom is 0.161 e. The van der Waals surface area contributed by atoms with E-state index in [1.54, 1.807) is 6.20 Å². The molecular formula is C86H52N6S2. The number of pyridine rings is 2. The molecule has 0 spiro atoms. The number of hydrogen-bond donors (Lipinski definition) is 0. The molecule has 0 saturated carbocycles. The lowest BCUT2D eigenvalue weighted by atomic mass is 9.92. The standard InChI is InChI=1S/C86H52N6S2/c1-2-13-58-44-59(33-26-53(58)12-1)54-24-29-56(30-25-54)78-50-80(64-37-41-84-75(48-64)72-19-6-8-23-82(72)94-84)92-86(90-78)76-46-61(35-39-70(76)66-16-11-43-88-52-66)60-34-38-69-62(45-60)14-9-21-67(69)55-27-31-57(32-28-55)77-49-79(63-36-40-83-74(47-63)71-18-5-7-22-81(71)93-83)91-85(89-77)73-20-4-3-17-68(73)65-15-10-42-87-51-65/h1-52H. The molecule has 0 radical (unpaired) electrons. The van der Waals surface area contributed by atoms with Crippen LogP contribution in [0.2, 0.25) is 0 Å². The third-order valence-corrected chi connectivity index (χ3v) is 20.4. The number of thiophene rings is 2. The molecule has 0 saturated heterocycles. The fraction of sp³-hybridized carbons (Fsp3) is 0. The second kappa shape index (κ2) is 23.1. The smallest absolute Gasteiger partial charge is 0.161 e. The zero-order chi connectivity index (χ0) is 62.1. The zero-order valence-electron chi connectivity index (χ0n) is 50.5. The first-order valence-corrected chi connectivity index (χ1v) is 33.1. The highest BCUT2D eigenvalue weighted by Crippen LogP contribution is 2.43. The molecule has 0 fully saturated rings. The van der Waals surface area contributed by atoms with Crippen LogP contribution in [0.4, 0.5) is 0 Å². The van der Waals surface area contributed by atoms with Gasteiger partial charge in [-0.1, -0.05) is 212 Å². The topological polar surface area (TPSA) is 77.3 Å². The maximum atomic E-state index is 5.54. The van der Waals surface area contributed by atoms with Gasteiger partial charge in [-0.25, -0.2) is 19.9 Å². The second-order valence-corrected chi connectivity index (χ2v) is 26.0. The Morgan fingerprint density at radius 2 is 0.638 bits per heavy atom. The Balaban J connectivity index is 0.721. The third kappa shape index (κ3) is 10.1. The molecule has 94 heavy (non-hydrogen) atoms. The quantitative estimate of drug-likeness (QED) is 0.128. The highest BCUT2D eigenvalue weighted by atomic mass is 32.1. The van der Waals surface area contributed by atoms with E-state index in [1.165, 1.54) is 56.7 Å². The summed E-state index contributed by atoms with van der Waals surface area (Å²) in [5.74, 6) is 1.28. The van der Waals surface area contributed by atoms with Crippen LogP contribution in [0.1, 0.15) is 0 Å². The third-order valence-electron chi connectivity index (χ3n) is 18.1. The lowest BCUT2D eigenvalue weighted by Gasteiger charge is -2.15. The van der Waals surface area contributed by atoms with Gasteiger partial charge in [0.05, 0.1) is 22.8 Å². The molecule has 8 heteroatoms. The average Bonchev–Trinajstić information content (AvgIpc) is 1.28. The fourth-order valence-corrected chi connectivity index (χ4v) is 15.5. The van der Waals surface area contributed by atoms with Crippen LogP contribution < -0.4 is 0 Å². The Morgan fingerprint density at radius 3 is 1.27 bits per heavy atom. The van der Waals surface area contributed by atoms with Crippen molar-refractivity contribution in [2.24, 2.45) is 0 Å². The predicted molar refractivity (Wildman–Crippen MR) is 394 cm³/mol. The number of fused-ring (bicyclic) bond motifs is 8. The molecule has 0 unspecified atom stereocenters. The highest BCUT2D eigenvalue weighted by Gasteiger charge is 2.21. The van der Waals surface area contributed by atoms with Crippen molar-refractivity contribution in [2.75, 3.05) is 0 Å². The van der Waals surface area contributed by atoms with E-state index in [0.717, 1.165) is 117 Å². The first-order valence-electron chi connectivity index (χ1n) is 31.4. The lowest BCUT2D eigenvalue weighted by Crippen LogP contribution is -1.98. The zero-order valence-corrected chi connectivity index (χ0v) is 52.2. The predicted octanol–water partition coefficient (Wildman–Crippen LogP) is 23.4. The van der Waals surface area contributed by atoms with Crippen LogP contribution in [-0.4, -0.2) is 29.9 Å². The summed E-state index contributed by atoms with van der Waals surface area (Å²) in [5, 5.41) is 9.67. The summed E-state index contributed by atoms with van der Waals surface area (Å²) in [6.45, 7) is 0. The molecule has 0 bridgehead atoms. The molecule has 0 N–H and O–H groups in total. The SMILES string of the molecule is c1cncc(-c2ccccc2-c2nc(-c3ccc(-c4cccc5cc(-c6ccc(-c7cccnc7)c(-c7nc(-c8ccc(-c9ccc%10ccccc%10c9)cc8)cc(-c8ccc9sc%10ccccc%10c9c8)n7)c6)ccc45)cc3)cc(-c3ccc4sc5ccccc5c4c3)n2)c1. The Bertz CT molecular complexity index is 5980. The number of rotatable bonds is 11. The molecule has 0 atom stereocenters. The van der Waals surface area contributed by atoms with Gasteiger partial charge >= 0.3 is 0 Å². The largest absolute Gasteiger partial charge is 0.264 e. The van der Waals surface area contributed by atoms with Crippen LogP contribution in [0.3, 0.4) is 0 Å². The Labute approximate surface area is 550 Å². The van der Waals surface area contributed by atoms with Crippen molar-refractivity contribution in [2.45, 2.75) is 0 Å². The number of hydrogen-bond acceptors (Lipinski definition) is 8.